The minimum absolute atomic E-state index is 0.227. The second kappa shape index (κ2) is 7.68. The quantitative estimate of drug-likeness (QED) is 0.663. The van der Waals surface area contributed by atoms with Gasteiger partial charge in [-0.2, -0.15) is 0 Å². The number of hydrogen-bond acceptors (Lipinski definition) is 6. The van der Waals surface area contributed by atoms with Gasteiger partial charge in [-0.1, -0.05) is 18.2 Å². The molecular formula is C21H27N5O2S. The van der Waals surface area contributed by atoms with E-state index in [1.54, 1.807) is 16.2 Å². The monoisotopic (exact) mass is 413 g/mol. The van der Waals surface area contributed by atoms with Gasteiger partial charge in [0.25, 0.3) is 0 Å². The fourth-order valence-electron chi connectivity index (χ4n) is 3.45. The Morgan fingerprint density at radius 1 is 1.21 bits per heavy atom. The van der Waals surface area contributed by atoms with Gasteiger partial charge in [0.1, 0.15) is 5.60 Å². The smallest absolute Gasteiger partial charge is 0.410 e. The van der Waals surface area contributed by atoms with E-state index in [2.05, 4.69) is 20.9 Å². The molecule has 0 atom stereocenters. The van der Waals surface area contributed by atoms with Gasteiger partial charge in [0.2, 0.25) is 0 Å². The molecule has 0 unspecified atom stereocenters. The molecule has 0 bridgehead atoms. The van der Waals surface area contributed by atoms with Crippen LogP contribution in [0, 0.1) is 0 Å². The number of nitrogen functional groups attached to an aromatic ring is 1. The molecule has 1 aliphatic rings. The Balaban J connectivity index is 1.42. The summed E-state index contributed by atoms with van der Waals surface area (Å²) in [5.74, 6) is 0. The van der Waals surface area contributed by atoms with Gasteiger partial charge >= 0.3 is 6.09 Å². The van der Waals surface area contributed by atoms with Crippen molar-refractivity contribution in [2.24, 2.45) is 0 Å². The minimum Gasteiger partial charge on any atom is -0.444 e. The van der Waals surface area contributed by atoms with Gasteiger partial charge in [0.05, 0.1) is 5.69 Å². The summed E-state index contributed by atoms with van der Waals surface area (Å²) in [6, 6.07) is 7.80. The number of piperazine rings is 1. The summed E-state index contributed by atoms with van der Waals surface area (Å²) in [6.07, 6.45) is 1.83. The van der Waals surface area contributed by atoms with E-state index in [0.29, 0.717) is 13.1 Å². The van der Waals surface area contributed by atoms with Crippen LogP contribution < -0.4 is 5.73 Å². The van der Waals surface area contributed by atoms with Crippen LogP contribution in [0.4, 0.5) is 10.5 Å². The van der Waals surface area contributed by atoms with E-state index >= 15 is 0 Å². The zero-order valence-electron chi connectivity index (χ0n) is 17.1. The number of imidazole rings is 1. The molecule has 2 aromatic heterocycles. The number of nitrogens with two attached hydrogens (primary N) is 1. The number of aromatic nitrogens is 2. The Kier molecular flexibility index (Phi) is 5.23. The van der Waals surface area contributed by atoms with Crippen molar-refractivity contribution in [1.29, 1.82) is 0 Å². The van der Waals surface area contributed by atoms with Crippen LogP contribution in [0.5, 0.6) is 0 Å². The molecule has 1 fully saturated rings. The first-order valence-electron chi connectivity index (χ1n) is 9.81. The average Bonchev–Trinajstić information content (AvgIpc) is 3.23. The van der Waals surface area contributed by atoms with E-state index in [1.807, 2.05) is 45.0 Å². The number of para-hydroxylation sites is 1. The third-order valence-electron chi connectivity index (χ3n) is 4.93. The van der Waals surface area contributed by atoms with Gasteiger partial charge < -0.3 is 15.4 Å². The van der Waals surface area contributed by atoms with Gasteiger partial charge in [0, 0.05) is 61.2 Å². The van der Waals surface area contributed by atoms with Crippen molar-refractivity contribution in [2.45, 2.75) is 32.9 Å². The van der Waals surface area contributed by atoms with Crippen molar-refractivity contribution in [3.8, 4) is 11.3 Å². The largest absolute Gasteiger partial charge is 0.444 e. The van der Waals surface area contributed by atoms with Crippen LogP contribution in [0.1, 0.15) is 26.5 Å². The molecule has 29 heavy (non-hydrogen) atoms. The standard InChI is InChI=1S/C21H27N5O2S/c1-21(2,3)28-20(27)25-10-8-24(9-11-25)12-15-14-29-19-23-18(13-26(15)19)16-6-4-5-7-17(16)22/h4-7,13-14H,8-12,22H2,1-3H3. The Hall–Kier alpha value is -2.58. The zero-order valence-corrected chi connectivity index (χ0v) is 17.9. The number of hydrogen-bond donors (Lipinski definition) is 1. The summed E-state index contributed by atoms with van der Waals surface area (Å²) < 4.78 is 7.62. The Morgan fingerprint density at radius 3 is 2.62 bits per heavy atom. The topological polar surface area (TPSA) is 76.1 Å². The molecule has 0 saturated carbocycles. The molecule has 3 heterocycles. The fraction of sp³-hybridized carbons (Fsp3) is 0.429. The summed E-state index contributed by atoms with van der Waals surface area (Å²) in [5, 5.41) is 2.15. The molecule has 4 rings (SSSR count). The van der Waals surface area contributed by atoms with E-state index in [9.17, 15) is 4.79 Å². The van der Waals surface area contributed by atoms with Crippen LogP contribution in [0.2, 0.25) is 0 Å². The molecule has 0 radical (unpaired) electrons. The number of fused-ring (bicyclic) bond motifs is 1. The second-order valence-electron chi connectivity index (χ2n) is 8.34. The lowest BCUT2D eigenvalue weighted by Gasteiger charge is -2.35. The number of amides is 1. The number of rotatable bonds is 3. The van der Waals surface area contributed by atoms with Crippen molar-refractivity contribution in [3.05, 3.63) is 41.5 Å². The Bertz CT molecular complexity index is 1010. The normalized spacial score (nSPS) is 15.8. The number of carbonyl (C=O) groups excluding carboxylic acids is 1. The number of thiazole rings is 1. The predicted octanol–water partition coefficient (Wildman–Crippen LogP) is 3.70. The number of carbonyl (C=O) groups is 1. The lowest BCUT2D eigenvalue weighted by molar-refractivity contribution is 0.0138. The second-order valence-corrected chi connectivity index (χ2v) is 9.17. The van der Waals surface area contributed by atoms with Gasteiger partial charge in [-0.3, -0.25) is 9.30 Å². The molecule has 7 nitrogen and oxygen atoms in total. The summed E-state index contributed by atoms with van der Waals surface area (Å²) in [4.78, 5) is 22.1. The molecule has 2 N–H and O–H groups in total. The third-order valence-corrected chi connectivity index (χ3v) is 5.82. The van der Waals surface area contributed by atoms with Crippen LogP contribution in [0.25, 0.3) is 16.2 Å². The maximum Gasteiger partial charge on any atom is 0.410 e. The Morgan fingerprint density at radius 2 is 1.93 bits per heavy atom. The maximum absolute atomic E-state index is 12.2. The van der Waals surface area contributed by atoms with Crippen LogP contribution in [0.15, 0.2) is 35.8 Å². The van der Waals surface area contributed by atoms with Crippen molar-refractivity contribution in [1.82, 2.24) is 19.2 Å². The molecular weight excluding hydrogens is 386 g/mol. The number of ether oxygens (including phenoxy) is 1. The molecule has 0 spiro atoms. The van der Waals surface area contributed by atoms with E-state index in [-0.39, 0.29) is 6.09 Å². The fourth-order valence-corrected chi connectivity index (χ4v) is 4.31. The highest BCUT2D eigenvalue weighted by Crippen LogP contribution is 2.28. The van der Waals surface area contributed by atoms with Crippen molar-refractivity contribution in [3.63, 3.8) is 0 Å². The molecule has 154 valence electrons. The first-order chi connectivity index (χ1) is 13.8. The van der Waals surface area contributed by atoms with Crippen molar-refractivity contribution in [2.75, 3.05) is 31.9 Å². The first-order valence-corrected chi connectivity index (χ1v) is 10.7. The highest BCUT2D eigenvalue weighted by atomic mass is 32.1. The van der Waals surface area contributed by atoms with E-state index in [4.69, 9.17) is 15.5 Å². The Labute approximate surface area is 174 Å². The summed E-state index contributed by atoms with van der Waals surface area (Å²) in [7, 11) is 0. The first kappa shape index (κ1) is 19.7. The number of anilines is 1. The lowest BCUT2D eigenvalue weighted by atomic mass is 10.1. The van der Waals surface area contributed by atoms with E-state index < -0.39 is 5.60 Å². The zero-order chi connectivity index (χ0) is 20.6. The molecule has 1 aliphatic heterocycles. The third kappa shape index (κ3) is 4.38. The average molecular weight is 414 g/mol. The van der Waals surface area contributed by atoms with Gasteiger partial charge in [-0.15, -0.1) is 11.3 Å². The van der Waals surface area contributed by atoms with Crippen LogP contribution in [-0.2, 0) is 11.3 Å². The number of benzene rings is 1. The highest BCUT2D eigenvalue weighted by Gasteiger charge is 2.26. The molecule has 3 aromatic rings. The van der Waals surface area contributed by atoms with E-state index in [0.717, 1.165) is 41.5 Å². The molecule has 1 amide bonds. The summed E-state index contributed by atoms with van der Waals surface area (Å²) >= 11 is 1.64. The van der Waals surface area contributed by atoms with Gasteiger partial charge in [0.15, 0.2) is 4.96 Å². The maximum atomic E-state index is 12.2. The van der Waals surface area contributed by atoms with Crippen molar-refractivity contribution < 1.29 is 9.53 Å². The van der Waals surface area contributed by atoms with Gasteiger partial charge in [-0.05, 0) is 26.8 Å². The predicted molar refractivity (Wildman–Crippen MR) is 116 cm³/mol. The minimum atomic E-state index is -0.461. The van der Waals surface area contributed by atoms with Crippen LogP contribution >= 0.6 is 11.3 Å². The lowest BCUT2D eigenvalue weighted by Crippen LogP contribution is -2.49. The van der Waals surface area contributed by atoms with E-state index in [1.165, 1.54) is 5.69 Å². The molecule has 8 heteroatoms. The van der Waals surface area contributed by atoms with Crippen LogP contribution in [-0.4, -0.2) is 57.1 Å². The molecule has 1 saturated heterocycles. The molecule has 1 aromatic carbocycles. The molecule has 0 aliphatic carbocycles. The summed E-state index contributed by atoms with van der Waals surface area (Å²) in [6.45, 7) is 9.51. The van der Waals surface area contributed by atoms with Gasteiger partial charge in [-0.25, -0.2) is 9.78 Å². The van der Waals surface area contributed by atoms with Crippen molar-refractivity contribution >= 4 is 28.1 Å². The highest BCUT2D eigenvalue weighted by molar-refractivity contribution is 7.15. The SMILES string of the molecule is CC(C)(C)OC(=O)N1CCN(Cc2csc3nc(-c4ccccc4N)cn23)CC1. The number of nitrogens with zero attached hydrogens (tertiary/aromatic N) is 4. The summed E-state index contributed by atoms with van der Waals surface area (Å²) in [5.41, 5.74) is 9.43. The van der Waals surface area contributed by atoms with Crippen LogP contribution in [0.3, 0.4) is 0 Å².